The second kappa shape index (κ2) is 4.97. The van der Waals surface area contributed by atoms with Crippen LogP contribution in [-0.4, -0.2) is 18.1 Å². The van der Waals surface area contributed by atoms with E-state index in [-0.39, 0.29) is 17.4 Å². The number of carbonyl (C=O) groups is 1. The molecule has 0 saturated heterocycles. The topological polar surface area (TPSA) is 52.3 Å². The van der Waals surface area contributed by atoms with E-state index in [9.17, 15) is 4.79 Å². The minimum Gasteiger partial charge on any atom is -0.465 e. The van der Waals surface area contributed by atoms with E-state index in [1.54, 1.807) is 0 Å². The van der Waals surface area contributed by atoms with E-state index < -0.39 is 5.41 Å². The van der Waals surface area contributed by atoms with Crippen molar-refractivity contribution in [2.24, 2.45) is 11.7 Å². The molecular weight excluding hydrogens is 238 g/mol. The molecule has 1 saturated carbocycles. The number of carbonyl (C=O) groups excluding carboxylic acids is 1. The van der Waals surface area contributed by atoms with Gasteiger partial charge in [-0.15, -0.1) is 0 Å². The molecule has 0 spiro atoms. The van der Waals surface area contributed by atoms with Crippen molar-refractivity contribution in [3.05, 3.63) is 35.9 Å². The predicted molar refractivity (Wildman–Crippen MR) is 75.7 cm³/mol. The lowest BCUT2D eigenvalue weighted by molar-refractivity contribution is -0.147. The molecule has 2 atom stereocenters. The smallest absolute Gasteiger partial charge is 0.316 e. The largest absolute Gasteiger partial charge is 0.465 e. The SMILES string of the molecule is CCCOC(=O)C1(c2ccccc2)CC1C(C)(C)N. The molecule has 1 fully saturated rings. The summed E-state index contributed by atoms with van der Waals surface area (Å²) in [7, 11) is 0. The molecule has 104 valence electrons. The van der Waals surface area contributed by atoms with Crippen molar-refractivity contribution < 1.29 is 9.53 Å². The van der Waals surface area contributed by atoms with Gasteiger partial charge in [-0.1, -0.05) is 37.3 Å². The Bertz CT molecular complexity index is 450. The first-order valence-electron chi connectivity index (χ1n) is 6.94. The highest BCUT2D eigenvalue weighted by atomic mass is 16.5. The lowest BCUT2D eigenvalue weighted by Gasteiger charge is -2.24. The van der Waals surface area contributed by atoms with Crippen molar-refractivity contribution in [2.45, 2.75) is 44.6 Å². The lowest BCUT2D eigenvalue weighted by Crippen LogP contribution is -2.40. The normalized spacial score (nSPS) is 26.0. The Morgan fingerprint density at radius 3 is 2.53 bits per heavy atom. The molecule has 2 rings (SSSR count). The van der Waals surface area contributed by atoms with Crippen LogP contribution in [0, 0.1) is 5.92 Å². The number of benzene rings is 1. The molecule has 1 aromatic rings. The Kier molecular flexibility index (Phi) is 3.68. The first-order chi connectivity index (χ1) is 8.93. The van der Waals surface area contributed by atoms with Gasteiger partial charge in [0.25, 0.3) is 0 Å². The molecule has 2 unspecified atom stereocenters. The third-order valence-corrected chi connectivity index (χ3v) is 3.95. The standard InChI is InChI=1S/C16H23NO2/c1-4-10-19-14(18)16(11-13(16)15(2,3)17)12-8-6-5-7-9-12/h5-9,13H,4,10-11,17H2,1-3H3. The fraction of sp³-hybridized carbons (Fsp3) is 0.562. The minimum absolute atomic E-state index is 0.121. The number of hydrogen-bond acceptors (Lipinski definition) is 3. The zero-order valence-corrected chi connectivity index (χ0v) is 12.0. The molecular formula is C16H23NO2. The molecule has 0 amide bonds. The molecule has 2 N–H and O–H groups in total. The summed E-state index contributed by atoms with van der Waals surface area (Å²) in [5.41, 5.74) is 6.33. The number of ether oxygens (including phenoxy) is 1. The third-order valence-electron chi connectivity index (χ3n) is 3.95. The van der Waals surface area contributed by atoms with Crippen LogP contribution in [-0.2, 0) is 14.9 Å². The van der Waals surface area contributed by atoms with Crippen molar-refractivity contribution in [1.29, 1.82) is 0 Å². The summed E-state index contributed by atoms with van der Waals surface area (Å²) in [6.07, 6.45) is 1.62. The van der Waals surface area contributed by atoms with Crippen LogP contribution in [0.1, 0.15) is 39.2 Å². The molecule has 3 nitrogen and oxygen atoms in total. The van der Waals surface area contributed by atoms with Crippen molar-refractivity contribution in [3.63, 3.8) is 0 Å². The van der Waals surface area contributed by atoms with Crippen LogP contribution in [0.2, 0.25) is 0 Å². The summed E-state index contributed by atoms with van der Waals surface area (Å²) in [6.45, 7) is 6.44. The highest BCUT2D eigenvalue weighted by molar-refractivity contribution is 5.88. The predicted octanol–water partition coefficient (Wildman–Crippen LogP) is 2.63. The molecule has 0 aromatic heterocycles. The first-order valence-corrected chi connectivity index (χ1v) is 6.94. The average molecular weight is 261 g/mol. The van der Waals surface area contributed by atoms with Crippen molar-refractivity contribution >= 4 is 5.97 Å². The Morgan fingerprint density at radius 1 is 1.42 bits per heavy atom. The fourth-order valence-electron chi connectivity index (χ4n) is 2.88. The maximum absolute atomic E-state index is 12.5. The first kappa shape index (κ1) is 14.1. The van der Waals surface area contributed by atoms with E-state index in [2.05, 4.69) is 0 Å². The average Bonchev–Trinajstić information content (AvgIpc) is 3.14. The van der Waals surface area contributed by atoms with E-state index in [4.69, 9.17) is 10.5 Å². The van der Waals surface area contributed by atoms with E-state index in [0.29, 0.717) is 6.61 Å². The summed E-state index contributed by atoms with van der Waals surface area (Å²) >= 11 is 0. The summed E-state index contributed by atoms with van der Waals surface area (Å²) in [4.78, 5) is 12.5. The lowest BCUT2D eigenvalue weighted by atomic mass is 9.86. The van der Waals surface area contributed by atoms with E-state index >= 15 is 0 Å². The van der Waals surface area contributed by atoms with Gasteiger partial charge in [-0.3, -0.25) is 4.79 Å². The van der Waals surface area contributed by atoms with E-state index in [1.807, 2.05) is 51.1 Å². The van der Waals surface area contributed by atoms with Crippen molar-refractivity contribution in [3.8, 4) is 0 Å². The van der Waals surface area contributed by atoms with Gasteiger partial charge < -0.3 is 10.5 Å². The quantitative estimate of drug-likeness (QED) is 0.829. The highest BCUT2D eigenvalue weighted by Crippen LogP contribution is 2.59. The molecule has 0 aliphatic heterocycles. The molecule has 1 aliphatic rings. The number of rotatable bonds is 5. The second-order valence-electron chi connectivity index (χ2n) is 6.05. The Balaban J connectivity index is 2.30. The molecule has 1 aromatic carbocycles. The summed E-state index contributed by atoms with van der Waals surface area (Å²) in [6, 6.07) is 9.88. The van der Waals surface area contributed by atoms with Gasteiger partial charge in [-0.2, -0.15) is 0 Å². The van der Waals surface area contributed by atoms with E-state index in [0.717, 1.165) is 18.4 Å². The van der Waals surface area contributed by atoms with Crippen LogP contribution in [0.3, 0.4) is 0 Å². The minimum atomic E-state index is -0.533. The molecule has 0 heterocycles. The van der Waals surface area contributed by atoms with Gasteiger partial charge in [-0.05, 0) is 38.2 Å². The molecule has 1 aliphatic carbocycles. The van der Waals surface area contributed by atoms with Crippen molar-refractivity contribution in [2.75, 3.05) is 6.61 Å². The number of esters is 1. The van der Waals surface area contributed by atoms with Gasteiger partial charge in [0.2, 0.25) is 0 Å². The molecule has 19 heavy (non-hydrogen) atoms. The fourth-order valence-corrected chi connectivity index (χ4v) is 2.88. The Hall–Kier alpha value is -1.35. The van der Waals surface area contributed by atoms with Crippen molar-refractivity contribution in [1.82, 2.24) is 0 Å². The van der Waals surface area contributed by atoms with Crippen LogP contribution in [0.5, 0.6) is 0 Å². The third kappa shape index (κ3) is 2.52. The number of nitrogens with two attached hydrogens (primary N) is 1. The van der Waals surface area contributed by atoms with Gasteiger partial charge in [0.1, 0.15) is 0 Å². The van der Waals surface area contributed by atoms with Gasteiger partial charge in [0, 0.05) is 5.54 Å². The zero-order valence-electron chi connectivity index (χ0n) is 12.0. The van der Waals surface area contributed by atoms with Gasteiger partial charge in [0.05, 0.1) is 12.0 Å². The summed E-state index contributed by atoms with van der Waals surface area (Å²) in [5, 5.41) is 0. The van der Waals surface area contributed by atoms with Gasteiger partial charge >= 0.3 is 5.97 Å². The monoisotopic (exact) mass is 261 g/mol. The highest BCUT2D eigenvalue weighted by Gasteiger charge is 2.66. The molecule has 0 bridgehead atoms. The zero-order chi connectivity index (χ0) is 14.1. The molecule has 0 radical (unpaired) electrons. The second-order valence-corrected chi connectivity index (χ2v) is 6.05. The van der Waals surface area contributed by atoms with Crippen LogP contribution in [0.15, 0.2) is 30.3 Å². The van der Waals surface area contributed by atoms with E-state index in [1.165, 1.54) is 0 Å². The van der Waals surface area contributed by atoms with Gasteiger partial charge in [-0.25, -0.2) is 0 Å². The summed E-state index contributed by atoms with van der Waals surface area (Å²) in [5.74, 6) is 0.0239. The number of hydrogen-bond donors (Lipinski definition) is 1. The Morgan fingerprint density at radius 2 is 2.05 bits per heavy atom. The maximum atomic E-state index is 12.5. The van der Waals surface area contributed by atoms with Crippen LogP contribution in [0.4, 0.5) is 0 Å². The van der Waals surface area contributed by atoms with Crippen LogP contribution in [0.25, 0.3) is 0 Å². The maximum Gasteiger partial charge on any atom is 0.316 e. The summed E-state index contributed by atoms with van der Waals surface area (Å²) < 4.78 is 5.40. The van der Waals surface area contributed by atoms with Crippen LogP contribution < -0.4 is 5.73 Å². The molecule has 3 heteroatoms. The van der Waals surface area contributed by atoms with Gasteiger partial charge in [0.15, 0.2) is 0 Å². The van der Waals surface area contributed by atoms with Crippen LogP contribution >= 0.6 is 0 Å². The Labute approximate surface area is 115 Å².